The van der Waals surface area contributed by atoms with Gasteiger partial charge in [-0.3, -0.25) is 9.59 Å². The van der Waals surface area contributed by atoms with Crippen LogP contribution < -0.4 is 10.6 Å². The number of para-hydroxylation sites is 1. The largest absolute Gasteiger partial charge is 0.349 e. The SMILES string of the molecule is C[C@H](SCc1ccccc1)C(=O)Nc1ccccc1C(=O)NC1CCCCC1. The second kappa shape index (κ2) is 10.3. The summed E-state index contributed by atoms with van der Waals surface area (Å²) < 4.78 is 0. The van der Waals surface area contributed by atoms with E-state index in [1.165, 1.54) is 24.8 Å². The molecule has 1 aliphatic carbocycles. The van der Waals surface area contributed by atoms with Crippen LogP contribution in [0.15, 0.2) is 54.6 Å². The summed E-state index contributed by atoms with van der Waals surface area (Å²) in [5.74, 6) is 0.588. The van der Waals surface area contributed by atoms with Crippen LogP contribution in [0.1, 0.15) is 54.9 Å². The number of rotatable bonds is 7. The number of hydrogen-bond donors (Lipinski definition) is 2. The Bertz CT molecular complexity index is 788. The maximum Gasteiger partial charge on any atom is 0.253 e. The summed E-state index contributed by atoms with van der Waals surface area (Å²) in [6.07, 6.45) is 5.65. The molecular formula is C23H28N2O2S. The Balaban J connectivity index is 1.58. The molecule has 148 valence electrons. The fourth-order valence-corrected chi connectivity index (χ4v) is 4.25. The lowest BCUT2D eigenvalue weighted by Gasteiger charge is -2.23. The molecule has 4 nitrogen and oxygen atoms in total. The Morgan fingerprint density at radius 1 is 1.00 bits per heavy atom. The number of carbonyl (C=O) groups is 2. The molecule has 1 fully saturated rings. The molecular weight excluding hydrogens is 368 g/mol. The quantitative estimate of drug-likeness (QED) is 0.692. The van der Waals surface area contributed by atoms with E-state index in [-0.39, 0.29) is 23.1 Å². The van der Waals surface area contributed by atoms with E-state index < -0.39 is 0 Å². The Hall–Kier alpha value is -2.27. The molecule has 2 aromatic carbocycles. The molecule has 28 heavy (non-hydrogen) atoms. The van der Waals surface area contributed by atoms with Crippen LogP contribution in [0.3, 0.4) is 0 Å². The number of carbonyl (C=O) groups excluding carboxylic acids is 2. The van der Waals surface area contributed by atoms with Crippen LogP contribution in [0.4, 0.5) is 5.69 Å². The molecule has 0 heterocycles. The Labute approximate surface area is 171 Å². The Morgan fingerprint density at radius 3 is 2.43 bits per heavy atom. The summed E-state index contributed by atoms with van der Waals surface area (Å²) in [6.45, 7) is 1.90. The Morgan fingerprint density at radius 2 is 1.68 bits per heavy atom. The zero-order chi connectivity index (χ0) is 19.8. The predicted molar refractivity (Wildman–Crippen MR) is 117 cm³/mol. The monoisotopic (exact) mass is 396 g/mol. The van der Waals surface area contributed by atoms with Gasteiger partial charge in [0.05, 0.1) is 16.5 Å². The van der Waals surface area contributed by atoms with Crippen LogP contribution in [-0.4, -0.2) is 23.1 Å². The normalized spacial score (nSPS) is 15.6. The van der Waals surface area contributed by atoms with E-state index >= 15 is 0 Å². The van der Waals surface area contributed by atoms with Gasteiger partial charge in [-0.25, -0.2) is 0 Å². The lowest BCUT2D eigenvalue weighted by atomic mass is 9.95. The number of hydrogen-bond acceptors (Lipinski definition) is 3. The summed E-state index contributed by atoms with van der Waals surface area (Å²) in [5.41, 5.74) is 2.30. The van der Waals surface area contributed by atoms with Gasteiger partial charge in [0.2, 0.25) is 5.91 Å². The molecule has 0 bridgehead atoms. The summed E-state index contributed by atoms with van der Waals surface area (Å²) in [4.78, 5) is 25.4. The molecule has 0 saturated heterocycles. The molecule has 3 rings (SSSR count). The van der Waals surface area contributed by atoms with Crippen molar-refractivity contribution in [2.24, 2.45) is 0 Å². The fraction of sp³-hybridized carbons (Fsp3) is 0.391. The molecule has 0 spiro atoms. The molecule has 2 aromatic rings. The zero-order valence-electron chi connectivity index (χ0n) is 16.3. The van der Waals surface area contributed by atoms with Crippen molar-refractivity contribution in [1.29, 1.82) is 0 Å². The maximum atomic E-state index is 12.7. The number of amides is 2. The molecule has 5 heteroatoms. The summed E-state index contributed by atoms with van der Waals surface area (Å²) in [6, 6.07) is 17.6. The van der Waals surface area contributed by atoms with Gasteiger partial charge in [0.1, 0.15) is 0 Å². The molecule has 0 aromatic heterocycles. The van der Waals surface area contributed by atoms with Gasteiger partial charge < -0.3 is 10.6 Å². The molecule has 2 N–H and O–H groups in total. The first-order valence-electron chi connectivity index (χ1n) is 10.00. The van der Waals surface area contributed by atoms with Gasteiger partial charge >= 0.3 is 0 Å². The zero-order valence-corrected chi connectivity index (χ0v) is 17.1. The molecule has 1 atom stereocenters. The summed E-state index contributed by atoms with van der Waals surface area (Å²) in [7, 11) is 0. The second-order valence-electron chi connectivity index (χ2n) is 7.28. The van der Waals surface area contributed by atoms with Crippen molar-refractivity contribution < 1.29 is 9.59 Å². The smallest absolute Gasteiger partial charge is 0.253 e. The second-order valence-corrected chi connectivity index (χ2v) is 8.61. The average molecular weight is 397 g/mol. The molecule has 1 saturated carbocycles. The van der Waals surface area contributed by atoms with Crippen molar-refractivity contribution >= 4 is 29.3 Å². The van der Waals surface area contributed by atoms with Crippen LogP contribution >= 0.6 is 11.8 Å². The summed E-state index contributed by atoms with van der Waals surface area (Å²) >= 11 is 1.59. The topological polar surface area (TPSA) is 58.2 Å². The van der Waals surface area contributed by atoms with Crippen molar-refractivity contribution in [3.8, 4) is 0 Å². The third-order valence-corrected chi connectivity index (χ3v) is 6.30. The minimum atomic E-state index is -0.213. The van der Waals surface area contributed by atoms with Crippen molar-refractivity contribution in [3.63, 3.8) is 0 Å². The minimum absolute atomic E-state index is 0.0844. The molecule has 2 amide bonds. The highest BCUT2D eigenvalue weighted by molar-refractivity contribution is 7.99. The Kier molecular flexibility index (Phi) is 7.54. The van der Waals surface area contributed by atoms with Gasteiger partial charge in [-0.15, -0.1) is 11.8 Å². The highest BCUT2D eigenvalue weighted by Gasteiger charge is 2.20. The first-order chi connectivity index (χ1) is 13.6. The molecule has 0 aliphatic heterocycles. The maximum absolute atomic E-state index is 12.7. The average Bonchev–Trinajstić information content (AvgIpc) is 2.73. The third kappa shape index (κ3) is 5.86. The number of nitrogens with one attached hydrogen (secondary N) is 2. The van der Waals surface area contributed by atoms with E-state index in [4.69, 9.17) is 0 Å². The highest BCUT2D eigenvalue weighted by Crippen LogP contribution is 2.22. The van der Waals surface area contributed by atoms with Crippen LogP contribution in [0.2, 0.25) is 0 Å². The fourth-order valence-electron chi connectivity index (χ4n) is 3.41. The van der Waals surface area contributed by atoms with E-state index in [1.54, 1.807) is 23.9 Å². The van der Waals surface area contributed by atoms with E-state index in [9.17, 15) is 9.59 Å². The van der Waals surface area contributed by atoms with Crippen LogP contribution in [0.25, 0.3) is 0 Å². The molecule has 1 aliphatic rings. The molecule has 0 radical (unpaired) electrons. The lowest BCUT2D eigenvalue weighted by Crippen LogP contribution is -2.36. The van der Waals surface area contributed by atoms with Crippen molar-refractivity contribution in [1.82, 2.24) is 5.32 Å². The number of anilines is 1. The first kappa shape index (κ1) is 20.5. The number of benzene rings is 2. The van der Waals surface area contributed by atoms with E-state index in [0.717, 1.165) is 18.6 Å². The number of thioether (sulfide) groups is 1. The molecule has 0 unspecified atom stereocenters. The third-order valence-electron chi connectivity index (χ3n) is 5.08. The first-order valence-corrected chi connectivity index (χ1v) is 11.0. The van der Waals surface area contributed by atoms with Crippen molar-refractivity contribution in [2.45, 2.75) is 56.1 Å². The van der Waals surface area contributed by atoms with Gasteiger partial charge in [-0.2, -0.15) is 0 Å². The summed E-state index contributed by atoms with van der Waals surface area (Å²) in [5, 5.41) is 5.86. The van der Waals surface area contributed by atoms with Crippen molar-refractivity contribution in [3.05, 3.63) is 65.7 Å². The van der Waals surface area contributed by atoms with Crippen LogP contribution in [0, 0.1) is 0 Å². The van der Waals surface area contributed by atoms with Gasteiger partial charge in [0.15, 0.2) is 0 Å². The lowest BCUT2D eigenvalue weighted by molar-refractivity contribution is -0.115. The van der Waals surface area contributed by atoms with Crippen LogP contribution in [-0.2, 0) is 10.5 Å². The van der Waals surface area contributed by atoms with Gasteiger partial charge in [0.25, 0.3) is 5.91 Å². The van der Waals surface area contributed by atoms with E-state index in [1.807, 2.05) is 37.3 Å². The van der Waals surface area contributed by atoms with Gasteiger partial charge in [-0.1, -0.05) is 61.7 Å². The highest BCUT2D eigenvalue weighted by atomic mass is 32.2. The van der Waals surface area contributed by atoms with E-state index in [2.05, 4.69) is 22.8 Å². The predicted octanol–water partition coefficient (Wildman–Crippen LogP) is 5.01. The van der Waals surface area contributed by atoms with Gasteiger partial charge in [0, 0.05) is 11.8 Å². The minimum Gasteiger partial charge on any atom is -0.349 e. The van der Waals surface area contributed by atoms with Crippen LogP contribution in [0.5, 0.6) is 0 Å². The van der Waals surface area contributed by atoms with Crippen molar-refractivity contribution in [2.75, 3.05) is 5.32 Å². The van der Waals surface area contributed by atoms with E-state index in [0.29, 0.717) is 11.3 Å². The van der Waals surface area contributed by atoms with Gasteiger partial charge in [-0.05, 0) is 37.5 Å². The standard InChI is InChI=1S/C23H28N2O2S/c1-17(28-16-18-10-4-2-5-11-18)22(26)25-21-15-9-8-14-20(21)23(27)24-19-12-6-3-7-13-19/h2,4-5,8-11,14-15,17,19H,3,6-7,12-13,16H2,1H3,(H,24,27)(H,25,26)/t17-/m0/s1.